The van der Waals surface area contributed by atoms with E-state index < -0.39 is 0 Å². The van der Waals surface area contributed by atoms with Crippen molar-refractivity contribution in [1.82, 2.24) is 20.2 Å². The third kappa shape index (κ3) is 1.97. The summed E-state index contributed by atoms with van der Waals surface area (Å²) < 4.78 is 2.00. The minimum Gasteiger partial charge on any atom is -0.217 e. The lowest BCUT2D eigenvalue weighted by molar-refractivity contribution is 0.205. The molecule has 88 valence electrons. The average molecular weight is 256 g/mol. The fraction of sp³-hybridized carbons (Fsp3) is 0.900. The third-order valence-electron chi connectivity index (χ3n) is 3.61. The summed E-state index contributed by atoms with van der Waals surface area (Å²) in [4.78, 5) is 0. The Kier molecular flexibility index (Phi) is 2.87. The lowest BCUT2D eigenvalue weighted by atomic mass is 9.72. The monoisotopic (exact) mass is 256 g/mol. The summed E-state index contributed by atoms with van der Waals surface area (Å²) in [7, 11) is 0. The highest BCUT2D eigenvalue weighted by atomic mass is 32.2. The molecular formula is C10H16N4S2. The zero-order valence-electron chi connectivity index (χ0n) is 9.17. The van der Waals surface area contributed by atoms with Gasteiger partial charge in [0, 0.05) is 5.75 Å². The molecule has 2 aliphatic rings. The van der Waals surface area contributed by atoms with Crippen molar-refractivity contribution in [3.63, 3.8) is 0 Å². The van der Waals surface area contributed by atoms with Crippen molar-refractivity contribution in [2.75, 3.05) is 11.5 Å². The maximum Gasteiger partial charge on any atom is 0.209 e. The number of rotatable bonds is 5. The van der Waals surface area contributed by atoms with Crippen LogP contribution in [0.2, 0.25) is 0 Å². The van der Waals surface area contributed by atoms with Crippen LogP contribution in [0.15, 0.2) is 5.16 Å². The van der Waals surface area contributed by atoms with Crippen LogP contribution < -0.4 is 0 Å². The lowest BCUT2D eigenvalue weighted by Crippen LogP contribution is -2.33. The van der Waals surface area contributed by atoms with E-state index >= 15 is 0 Å². The molecule has 3 rings (SSSR count). The minimum atomic E-state index is 0.452. The van der Waals surface area contributed by atoms with Crippen molar-refractivity contribution in [2.24, 2.45) is 5.41 Å². The van der Waals surface area contributed by atoms with Gasteiger partial charge in [0.15, 0.2) is 0 Å². The standard InChI is InChI=1S/C10H16N4S2/c15-6-10(4-1-5-10)7-16-9-11-12-13-14(9)8-2-3-8/h8,15H,1-7H2. The van der Waals surface area contributed by atoms with Gasteiger partial charge in [-0.3, -0.25) is 0 Å². The van der Waals surface area contributed by atoms with Crippen LogP contribution in [-0.2, 0) is 0 Å². The highest BCUT2D eigenvalue weighted by Crippen LogP contribution is 2.46. The Hall–Kier alpha value is -0.230. The van der Waals surface area contributed by atoms with E-state index in [2.05, 4.69) is 28.2 Å². The number of hydrogen-bond donors (Lipinski definition) is 1. The zero-order chi connectivity index (χ0) is 11.0. The van der Waals surface area contributed by atoms with E-state index in [9.17, 15) is 0 Å². The zero-order valence-corrected chi connectivity index (χ0v) is 10.9. The number of thiol groups is 1. The molecule has 1 heterocycles. The lowest BCUT2D eigenvalue weighted by Gasteiger charge is -2.40. The van der Waals surface area contributed by atoms with Crippen molar-refractivity contribution in [2.45, 2.75) is 43.3 Å². The Morgan fingerprint density at radius 2 is 2.25 bits per heavy atom. The second-order valence-electron chi connectivity index (χ2n) is 4.94. The van der Waals surface area contributed by atoms with Crippen LogP contribution in [0.4, 0.5) is 0 Å². The van der Waals surface area contributed by atoms with Gasteiger partial charge in [0.25, 0.3) is 0 Å². The van der Waals surface area contributed by atoms with Gasteiger partial charge in [-0.25, -0.2) is 4.68 Å². The van der Waals surface area contributed by atoms with Gasteiger partial charge >= 0.3 is 0 Å². The first kappa shape index (κ1) is 10.9. The number of thioether (sulfide) groups is 1. The van der Waals surface area contributed by atoms with E-state index in [4.69, 9.17) is 0 Å². The molecule has 6 heteroatoms. The van der Waals surface area contributed by atoms with Gasteiger partial charge in [-0.15, -0.1) is 5.10 Å². The predicted octanol–water partition coefficient (Wildman–Crippen LogP) is 2.20. The SMILES string of the molecule is SCC1(CSc2nnnn2C2CC2)CCC1. The summed E-state index contributed by atoms with van der Waals surface area (Å²) in [6.07, 6.45) is 6.45. The molecule has 2 saturated carbocycles. The highest BCUT2D eigenvalue weighted by Gasteiger charge is 2.36. The Labute approximate surface area is 105 Å². The van der Waals surface area contributed by atoms with Crippen LogP contribution in [0.3, 0.4) is 0 Å². The van der Waals surface area contributed by atoms with E-state index in [-0.39, 0.29) is 0 Å². The second kappa shape index (κ2) is 4.22. The van der Waals surface area contributed by atoms with E-state index in [0.29, 0.717) is 11.5 Å². The summed E-state index contributed by atoms with van der Waals surface area (Å²) in [6, 6.07) is 0.575. The van der Waals surface area contributed by atoms with Gasteiger partial charge in [-0.1, -0.05) is 18.2 Å². The topological polar surface area (TPSA) is 43.6 Å². The normalized spacial score (nSPS) is 23.1. The maximum absolute atomic E-state index is 4.47. The van der Waals surface area contributed by atoms with Crippen molar-refractivity contribution in [3.05, 3.63) is 0 Å². The predicted molar refractivity (Wildman–Crippen MR) is 66.9 cm³/mol. The molecule has 0 aromatic carbocycles. The molecule has 0 aliphatic heterocycles. The molecule has 4 nitrogen and oxygen atoms in total. The first-order valence-corrected chi connectivity index (χ1v) is 7.46. The molecule has 1 aromatic rings. The van der Waals surface area contributed by atoms with E-state index in [0.717, 1.165) is 16.7 Å². The highest BCUT2D eigenvalue weighted by molar-refractivity contribution is 7.99. The van der Waals surface area contributed by atoms with E-state index in [1.165, 1.54) is 32.1 Å². The largest absolute Gasteiger partial charge is 0.217 e. The summed E-state index contributed by atoms with van der Waals surface area (Å²) in [5, 5.41) is 12.9. The first-order chi connectivity index (χ1) is 7.83. The van der Waals surface area contributed by atoms with Crippen molar-refractivity contribution in [3.8, 4) is 0 Å². The number of aromatic nitrogens is 4. The van der Waals surface area contributed by atoms with Crippen molar-refractivity contribution < 1.29 is 0 Å². The number of hydrogen-bond acceptors (Lipinski definition) is 5. The summed E-state index contributed by atoms with van der Waals surface area (Å²) >= 11 is 6.28. The van der Waals surface area contributed by atoms with Gasteiger partial charge in [0.05, 0.1) is 6.04 Å². The summed E-state index contributed by atoms with van der Waals surface area (Å²) in [5.41, 5.74) is 0.452. The van der Waals surface area contributed by atoms with E-state index in [1.807, 2.05) is 16.4 Å². The van der Waals surface area contributed by atoms with Crippen LogP contribution in [-0.4, -0.2) is 31.7 Å². The molecule has 1 aromatic heterocycles. The Bertz CT molecular complexity index is 365. The van der Waals surface area contributed by atoms with Crippen molar-refractivity contribution >= 4 is 24.4 Å². The maximum atomic E-state index is 4.47. The van der Waals surface area contributed by atoms with Gasteiger partial charge in [0.2, 0.25) is 5.16 Å². The fourth-order valence-corrected chi connectivity index (χ4v) is 3.89. The Balaban J connectivity index is 1.63. The molecular weight excluding hydrogens is 240 g/mol. The molecule has 2 fully saturated rings. The Morgan fingerprint density at radius 1 is 1.44 bits per heavy atom. The molecule has 0 spiro atoms. The molecule has 0 atom stereocenters. The second-order valence-corrected chi connectivity index (χ2v) is 6.20. The minimum absolute atomic E-state index is 0.452. The molecule has 0 bridgehead atoms. The molecule has 0 radical (unpaired) electrons. The van der Waals surface area contributed by atoms with Crippen LogP contribution in [0.1, 0.15) is 38.1 Å². The van der Waals surface area contributed by atoms with Gasteiger partial charge in [-0.2, -0.15) is 12.6 Å². The van der Waals surface area contributed by atoms with Crippen LogP contribution in [0.25, 0.3) is 0 Å². The Morgan fingerprint density at radius 3 is 2.81 bits per heavy atom. The van der Waals surface area contributed by atoms with Crippen LogP contribution >= 0.6 is 24.4 Å². The average Bonchev–Trinajstić information content (AvgIpc) is 2.98. The molecule has 0 saturated heterocycles. The first-order valence-electron chi connectivity index (χ1n) is 5.85. The molecule has 0 N–H and O–H groups in total. The van der Waals surface area contributed by atoms with Gasteiger partial charge in [0.1, 0.15) is 0 Å². The molecule has 2 aliphatic carbocycles. The van der Waals surface area contributed by atoms with Gasteiger partial charge in [-0.05, 0) is 47.3 Å². The molecule has 0 unspecified atom stereocenters. The van der Waals surface area contributed by atoms with E-state index in [1.54, 1.807) is 0 Å². The summed E-state index contributed by atoms with van der Waals surface area (Å²) in [5.74, 6) is 2.11. The fourth-order valence-electron chi connectivity index (χ4n) is 2.07. The van der Waals surface area contributed by atoms with Crippen LogP contribution in [0, 0.1) is 5.41 Å². The summed E-state index contributed by atoms with van der Waals surface area (Å²) in [6.45, 7) is 0. The molecule has 0 amide bonds. The third-order valence-corrected chi connectivity index (χ3v) is 5.57. The molecule has 16 heavy (non-hydrogen) atoms. The smallest absolute Gasteiger partial charge is 0.209 e. The van der Waals surface area contributed by atoms with Crippen molar-refractivity contribution in [1.29, 1.82) is 0 Å². The quantitative estimate of drug-likeness (QED) is 0.648. The van der Waals surface area contributed by atoms with Crippen LogP contribution in [0.5, 0.6) is 0 Å². The number of nitrogens with zero attached hydrogens (tertiary/aromatic N) is 4. The van der Waals surface area contributed by atoms with Gasteiger partial charge < -0.3 is 0 Å². The number of tetrazole rings is 1.